The van der Waals surface area contributed by atoms with E-state index in [2.05, 4.69) is 5.32 Å². The van der Waals surface area contributed by atoms with Crippen LogP contribution in [0.3, 0.4) is 0 Å². The van der Waals surface area contributed by atoms with Crippen LogP contribution in [-0.2, 0) is 15.1 Å². The summed E-state index contributed by atoms with van der Waals surface area (Å²) in [6, 6.07) is 6.18. The number of carbonyl (C=O) groups is 2. The minimum Gasteiger partial charge on any atom is -0.394 e. The summed E-state index contributed by atoms with van der Waals surface area (Å²) in [7, 11) is 0. The van der Waals surface area contributed by atoms with Crippen LogP contribution in [0.4, 0.5) is 4.39 Å². The number of amides is 2. The number of carbonyl (C=O) groups excluding carboxylic acids is 2. The smallest absolute Gasteiger partial charge is 0.223 e. The van der Waals surface area contributed by atoms with Crippen LogP contribution in [0, 0.1) is 5.82 Å². The molecule has 3 rings (SSSR count). The van der Waals surface area contributed by atoms with Crippen molar-refractivity contribution in [3.63, 3.8) is 0 Å². The van der Waals surface area contributed by atoms with Crippen LogP contribution in [0.1, 0.15) is 44.6 Å². The van der Waals surface area contributed by atoms with Crippen LogP contribution in [0.15, 0.2) is 24.3 Å². The monoisotopic (exact) mass is 334 g/mol. The second-order valence-corrected chi connectivity index (χ2v) is 6.97. The fourth-order valence-corrected chi connectivity index (χ4v) is 3.82. The number of halogens is 1. The van der Waals surface area contributed by atoms with E-state index in [1.165, 1.54) is 19.1 Å². The molecule has 2 amide bonds. The van der Waals surface area contributed by atoms with E-state index >= 15 is 0 Å². The van der Waals surface area contributed by atoms with Crippen molar-refractivity contribution in [3.8, 4) is 0 Å². The molecule has 1 aromatic rings. The van der Waals surface area contributed by atoms with E-state index in [1.54, 1.807) is 17.0 Å². The molecule has 2 N–H and O–H groups in total. The Balaban J connectivity index is 1.71. The lowest BCUT2D eigenvalue weighted by Crippen LogP contribution is -2.52. The number of rotatable bonds is 5. The number of likely N-dealkylation sites (tertiary alicyclic amines) is 1. The summed E-state index contributed by atoms with van der Waals surface area (Å²) in [6.07, 6.45) is 3.13. The molecule has 1 aromatic carbocycles. The lowest BCUT2D eigenvalue weighted by Gasteiger charge is -2.36. The van der Waals surface area contributed by atoms with Crippen LogP contribution in [0.25, 0.3) is 0 Å². The van der Waals surface area contributed by atoms with Crippen LogP contribution in [-0.4, -0.2) is 40.5 Å². The molecule has 2 fully saturated rings. The summed E-state index contributed by atoms with van der Waals surface area (Å²) in [5, 5.41) is 12.9. The van der Waals surface area contributed by atoms with Crippen molar-refractivity contribution in [2.75, 3.05) is 13.2 Å². The summed E-state index contributed by atoms with van der Waals surface area (Å²) in [5.74, 6) is -0.601. The zero-order valence-electron chi connectivity index (χ0n) is 13.8. The van der Waals surface area contributed by atoms with E-state index in [0.717, 1.165) is 24.8 Å². The van der Waals surface area contributed by atoms with E-state index in [1.807, 2.05) is 0 Å². The number of nitrogens with zero attached hydrogens (tertiary/aromatic N) is 1. The van der Waals surface area contributed by atoms with E-state index in [0.29, 0.717) is 13.0 Å². The van der Waals surface area contributed by atoms with E-state index in [4.69, 9.17) is 0 Å². The molecule has 1 aliphatic heterocycles. The molecule has 0 spiro atoms. The standard InChI is InChI=1S/C18H23FN2O3/c1-13(23)21-10-2-7-17(21,12-22)11-16(24)20-18(8-9-18)14-3-5-15(19)6-4-14/h3-6,22H,2,7-12H2,1H3,(H,20,24)/t17-/m1/s1. The van der Waals surface area contributed by atoms with Gasteiger partial charge in [-0.1, -0.05) is 12.1 Å². The molecule has 5 nitrogen and oxygen atoms in total. The van der Waals surface area contributed by atoms with Crippen LogP contribution in [0.2, 0.25) is 0 Å². The van der Waals surface area contributed by atoms with Crippen molar-refractivity contribution < 1.29 is 19.1 Å². The van der Waals surface area contributed by atoms with Gasteiger partial charge >= 0.3 is 0 Å². The Kier molecular flexibility index (Phi) is 4.34. The van der Waals surface area contributed by atoms with Gasteiger partial charge in [0.2, 0.25) is 11.8 Å². The van der Waals surface area contributed by atoms with Gasteiger partial charge in [-0.05, 0) is 43.4 Å². The molecule has 2 aliphatic rings. The normalized spacial score (nSPS) is 24.7. The predicted molar refractivity (Wildman–Crippen MR) is 86.5 cm³/mol. The van der Waals surface area contributed by atoms with Crippen molar-refractivity contribution in [2.24, 2.45) is 0 Å². The maximum Gasteiger partial charge on any atom is 0.223 e. The van der Waals surface area contributed by atoms with Gasteiger partial charge in [-0.15, -0.1) is 0 Å². The molecule has 1 saturated heterocycles. The second-order valence-electron chi connectivity index (χ2n) is 6.97. The molecule has 0 radical (unpaired) electrons. The summed E-state index contributed by atoms with van der Waals surface area (Å²) >= 11 is 0. The predicted octanol–water partition coefficient (Wildman–Crippen LogP) is 1.69. The molecule has 1 saturated carbocycles. The van der Waals surface area contributed by atoms with Crippen molar-refractivity contribution in [2.45, 2.75) is 50.1 Å². The number of hydrogen-bond acceptors (Lipinski definition) is 3. The van der Waals surface area contributed by atoms with E-state index in [-0.39, 0.29) is 30.7 Å². The molecule has 1 atom stereocenters. The molecule has 1 heterocycles. The summed E-state index contributed by atoms with van der Waals surface area (Å²) < 4.78 is 13.1. The average Bonchev–Trinajstić information content (AvgIpc) is 3.19. The number of nitrogens with one attached hydrogen (secondary N) is 1. The Morgan fingerprint density at radius 3 is 2.46 bits per heavy atom. The summed E-state index contributed by atoms with van der Waals surface area (Å²) in [6.45, 7) is 1.82. The van der Waals surface area contributed by atoms with Gasteiger partial charge in [0.1, 0.15) is 5.82 Å². The fourth-order valence-electron chi connectivity index (χ4n) is 3.82. The molecule has 6 heteroatoms. The molecule has 0 unspecified atom stereocenters. The minimum atomic E-state index is -0.797. The van der Waals surface area contributed by atoms with Crippen LogP contribution in [0.5, 0.6) is 0 Å². The van der Waals surface area contributed by atoms with Crippen molar-refractivity contribution in [1.82, 2.24) is 10.2 Å². The first kappa shape index (κ1) is 16.9. The molecule has 130 valence electrons. The summed E-state index contributed by atoms with van der Waals surface area (Å²) in [4.78, 5) is 26.0. The van der Waals surface area contributed by atoms with Gasteiger partial charge in [0, 0.05) is 13.5 Å². The van der Waals surface area contributed by atoms with Crippen LogP contribution < -0.4 is 5.32 Å². The highest BCUT2D eigenvalue weighted by Gasteiger charge is 2.48. The third-order valence-corrected chi connectivity index (χ3v) is 5.29. The van der Waals surface area contributed by atoms with Crippen LogP contribution >= 0.6 is 0 Å². The Labute approximate surface area is 140 Å². The third-order valence-electron chi connectivity index (χ3n) is 5.29. The first-order chi connectivity index (χ1) is 11.4. The molecular weight excluding hydrogens is 311 g/mol. The van der Waals surface area contributed by atoms with Gasteiger partial charge in [0.05, 0.1) is 24.1 Å². The number of aliphatic hydroxyl groups excluding tert-OH is 1. The molecule has 24 heavy (non-hydrogen) atoms. The Hall–Kier alpha value is -1.95. The second kappa shape index (κ2) is 6.16. The molecular formula is C18H23FN2O3. The van der Waals surface area contributed by atoms with Gasteiger partial charge in [0.15, 0.2) is 0 Å². The average molecular weight is 334 g/mol. The van der Waals surface area contributed by atoms with Gasteiger partial charge in [-0.25, -0.2) is 4.39 Å². The maximum atomic E-state index is 13.1. The number of hydrogen-bond donors (Lipinski definition) is 2. The third kappa shape index (κ3) is 3.02. The highest BCUT2D eigenvalue weighted by atomic mass is 19.1. The fraction of sp³-hybridized carbons (Fsp3) is 0.556. The van der Waals surface area contributed by atoms with Gasteiger partial charge < -0.3 is 15.3 Å². The van der Waals surface area contributed by atoms with Crippen molar-refractivity contribution in [1.29, 1.82) is 0 Å². The lowest BCUT2D eigenvalue weighted by atomic mass is 9.91. The zero-order valence-corrected chi connectivity index (χ0v) is 13.8. The Morgan fingerprint density at radius 2 is 1.92 bits per heavy atom. The quantitative estimate of drug-likeness (QED) is 0.861. The van der Waals surface area contributed by atoms with Gasteiger partial charge in [-0.2, -0.15) is 0 Å². The highest BCUT2D eigenvalue weighted by molar-refractivity contribution is 5.81. The molecule has 0 bridgehead atoms. The number of benzene rings is 1. The number of aliphatic hydroxyl groups is 1. The van der Waals surface area contributed by atoms with Crippen molar-refractivity contribution >= 4 is 11.8 Å². The van der Waals surface area contributed by atoms with Gasteiger partial charge in [-0.3, -0.25) is 9.59 Å². The maximum absolute atomic E-state index is 13.1. The minimum absolute atomic E-state index is 0.0893. The SMILES string of the molecule is CC(=O)N1CCC[C@]1(CO)CC(=O)NC1(c2ccc(F)cc2)CC1. The zero-order chi connectivity index (χ0) is 17.4. The largest absolute Gasteiger partial charge is 0.394 e. The van der Waals surface area contributed by atoms with E-state index < -0.39 is 11.1 Å². The first-order valence-electron chi connectivity index (χ1n) is 8.37. The Morgan fingerprint density at radius 1 is 1.25 bits per heavy atom. The van der Waals surface area contributed by atoms with E-state index in [9.17, 15) is 19.1 Å². The molecule has 1 aliphatic carbocycles. The first-order valence-corrected chi connectivity index (χ1v) is 8.37. The Bertz CT molecular complexity index is 642. The van der Waals surface area contributed by atoms with Gasteiger partial charge in [0.25, 0.3) is 0 Å². The molecule has 0 aromatic heterocycles. The van der Waals surface area contributed by atoms with Crippen molar-refractivity contribution in [3.05, 3.63) is 35.6 Å². The topological polar surface area (TPSA) is 69.6 Å². The highest BCUT2D eigenvalue weighted by Crippen LogP contribution is 2.46. The summed E-state index contributed by atoms with van der Waals surface area (Å²) in [5.41, 5.74) is -0.333. The lowest BCUT2D eigenvalue weighted by molar-refractivity contribution is -0.137.